The molecule has 0 spiro atoms. The van der Waals surface area contributed by atoms with Gasteiger partial charge in [0.2, 0.25) is 0 Å². The number of amides is 1. The van der Waals surface area contributed by atoms with Gasteiger partial charge in [-0.3, -0.25) is 4.79 Å². The van der Waals surface area contributed by atoms with E-state index >= 15 is 0 Å². The number of halogens is 2. The molecule has 4 nitrogen and oxygen atoms in total. The zero-order valence-electron chi connectivity index (χ0n) is 16.7. The highest BCUT2D eigenvalue weighted by Crippen LogP contribution is 2.32. The number of amidine groups is 1. The first-order chi connectivity index (χ1) is 14.3. The number of carbonyl (C=O) groups excluding carboxylic acids is 1. The van der Waals surface area contributed by atoms with Crippen molar-refractivity contribution in [1.29, 1.82) is 0 Å². The molecular weight excluding hydrogens is 482 g/mol. The average molecular weight is 501 g/mol. The number of aliphatic imine (C=N–C) groups is 1. The first kappa shape index (κ1) is 21.0. The summed E-state index contributed by atoms with van der Waals surface area (Å²) in [4.78, 5) is 17.6. The first-order valence-corrected chi connectivity index (χ1v) is 11.3. The molecule has 0 bridgehead atoms. The zero-order chi connectivity index (χ0) is 21.4. The van der Waals surface area contributed by atoms with E-state index in [0.717, 1.165) is 32.8 Å². The Balaban J connectivity index is 1.64. The molecule has 1 aliphatic rings. The van der Waals surface area contributed by atoms with Crippen LogP contribution in [-0.2, 0) is 4.79 Å². The number of hydrogen-bond acceptors (Lipinski definition) is 3. The molecule has 2 heterocycles. The van der Waals surface area contributed by atoms with Gasteiger partial charge in [0.15, 0.2) is 5.17 Å². The second kappa shape index (κ2) is 8.46. The van der Waals surface area contributed by atoms with Gasteiger partial charge >= 0.3 is 0 Å². The highest BCUT2D eigenvalue weighted by atomic mass is 79.9. The summed E-state index contributed by atoms with van der Waals surface area (Å²) in [5, 5.41) is 4.09. The summed E-state index contributed by atoms with van der Waals surface area (Å²) >= 11 is 11.1. The number of aromatic nitrogens is 1. The minimum absolute atomic E-state index is 0.137. The molecule has 4 rings (SSSR count). The van der Waals surface area contributed by atoms with Crippen molar-refractivity contribution in [1.82, 2.24) is 9.88 Å². The van der Waals surface area contributed by atoms with Crippen LogP contribution >= 0.6 is 39.3 Å². The lowest BCUT2D eigenvalue weighted by atomic mass is 10.2. The average Bonchev–Trinajstić information content (AvgIpc) is 3.18. The van der Waals surface area contributed by atoms with E-state index in [0.29, 0.717) is 15.1 Å². The van der Waals surface area contributed by atoms with Crippen LogP contribution in [0.15, 0.2) is 62.9 Å². The van der Waals surface area contributed by atoms with E-state index in [9.17, 15) is 4.79 Å². The van der Waals surface area contributed by atoms with Crippen LogP contribution in [0.5, 0.6) is 0 Å². The lowest BCUT2D eigenvalue weighted by Gasteiger charge is -2.10. The summed E-state index contributed by atoms with van der Waals surface area (Å²) in [5.41, 5.74) is 6.05. The van der Waals surface area contributed by atoms with Crippen LogP contribution in [0.2, 0.25) is 5.02 Å². The molecule has 1 fully saturated rings. The van der Waals surface area contributed by atoms with Gasteiger partial charge in [-0.15, -0.1) is 0 Å². The molecule has 1 amide bonds. The van der Waals surface area contributed by atoms with E-state index in [2.05, 4.69) is 36.9 Å². The monoisotopic (exact) mass is 499 g/mol. The zero-order valence-corrected chi connectivity index (χ0v) is 19.8. The molecule has 1 saturated heterocycles. The van der Waals surface area contributed by atoms with Gasteiger partial charge in [0.1, 0.15) is 0 Å². The molecule has 1 N–H and O–H groups in total. The second-order valence-corrected chi connectivity index (χ2v) is 9.37. The van der Waals surface area contributed by atoms with E-state index in [4.69, 9.17) is 11.6 Å². The van der Waals surface area contributed by atoms with Gasteiger partial charge in [0.05, 0.1) is 15.6 Å². The molecule has 1 aromatic heterocycles. The fraction of sp³-hybridized carbons (Fsp3) is 0.130. The van der Waals surface area contributed by atoms with E-state index in [1.54, 1.807) is 0 Å². The Bertz CT molecular complexity index is 1210. The quantitative estimate of drug-likeness (QED) is 0.406. The molecule has 30 heavy (non-hydrogen) atoms. The molecule has 2 aromatic carbocycles. The van der Waals surface area contributed by atoms with E-state index in [1.807, 2.05) is 69.3 Å². The maximum atomic E-state index is 12.5. The number of nitrogens with zero attached hydrogens (tertiary/aromatic N) is 2. The van der Waals surface area contributed by atoms with Crippen LogP contribution in [0.25, 0.3) is 11.8 Å². The van der Waals surface area contributed by atoms with Crippen molar-refractivity contribution in [2.45, 2.75) is 20.8 Å². The molecule has 0 aliphatic carbocycles. The van der Waals surface area contributed by atoms with Gasteiger partial charge in [-0.05, 0) is 96.5 Å². The number of thioether (sulfide) groups is 1. The van der Waals surface area contributed by atoms with Crippen LogP contribution in [0, 0.1) is 20.8 Å². The molecular formula is C23H19BrClN3OS. The minimum Gasteiger partial charge on any atom is -0.318 e. The van der Waals surface area contributed by atoms with Gasteiger partial charge in [-0.2, -0.15) is 0 Å². The summed E-state index contributed by atoms with van der Waals surface area (Å²) < 4.78 is 2.99. The molecule has 0 saturated carbocycles. The van der Waals surface area contributed by atoms with Gasteiger partial charge in [-0.1, -0.05) is 29.3 Å². The molecule has 7 heteroatoms. The highest BCUT2D eigenvalue weighted by molar-refractivity contribution is 9.10. The number of carbonyl (C=O) groups is 1. The van der Waals surface area contributed by atoms with Gasteiger partial charge < -0.3 is 9.88 Å². The van der Waals surface area contributed by atoms with E-state index < -0.39 is 0 Å². The van der Waals surface area contributed by atoms with Crippen molar-refractivity contribution >= 4 is 62.1 Å². The predicted octanol–water partition coefficient (Wildman–Crippen LogP) is 6.71. The number of aryl methyl sites for hydroxylation is 2. The highest BCUT2D eigenvalue weighted by Gasteiger charge is 2.24. The largest absolute Gasteiger partial charge is 0.318 e. The number of benzene rings is 2. The normalized spacial score (nSPS) is 16.5. The SMILES string of the molecule is Cc1ccc(N=C2NC(=O)/C(=C\c3cc(C)n(-c4ccc(Br)c(Cl)c4)c3C)S2)cc1. The third-order valence-electron chi connectivity index (χ3n) is 4.83. The second-order valence-electron chi connectivity index (χ2n) is 7.08. The predicted molar refractivity (Wildman–Crippen MR) is 130 cm³/mol. The van der Waals surface area contributed by atoms with Crippen LogP contribution in [0.4, 0.5) is 5.69 Å². The lowest BCUT2D eigenvalue weighted by Crippen LogP contribution is -2.19. The summed E-state index contributed by atoms with van der Waals surface area (Å²) in [6.07, 6.45) is 1.91. The minimum atomic E-state index is -0.137. The van der Waals surface area contributed by atoms with Crippen LogP contribution < -0.4 is 5.32 Å². The van der Waals surface area contributed by atoms with Crippen molar-refractivity contribution in [3.8, 4) is 5.69 Å². The number of rotatable bonds is 3. The van der Waals surface area contributed by atoms with Crippen LogP contribution in [0.3, 0.4) is 0 Å². The summed E-state index contributed by atoms with van der Waals surface area (Å²) in [5.74, 6) is -0.137. The number of nitrogens with one attached hydrogen (secondary N) is 1. The Hall–Kier alpha value is -2.28. The maximum Gasteiger partial charge on any atom is 0.264 e. The third-order valence-corrected chi connectivity index (χ3v) is 6.98. The lowest BCUT2D eigenvalue weighted by molar-refractivity contribution is -0.115. The van der Waals surface area contributed by atoms with Crippen molar-refractivity contribution in [3.05, 3.63) is 85.4 Å². The van der Waals surface area contributed by atoms with Gasteiger partial charge in [0, 0.05) is 21.5 Å². The smallest absolute Gasteiger partial charge is 0.264 e. The molecule has 152 valence electrons. The van der Waals surface area contributed by atoms with Crippen molar-refractivity contribution in [2.24, 2.45) is 4.99 Å². The Morgan fingerprint density at radius 3 is 2.53 bits per heavy atom. The standard InChI is InChI=1S/C23H19BrClN3OS/c1-13-4-6-17(7-5-13)26-23-27-22(29)21(30-23)11-16-10-14(2)28(15(16)3)18-8-9-19(24)20(25)12-18/h4-12H,1-3H3,(H,26,27,29)/b21-11+. The Labute approximate surface area is 193 Å². The molecule has 0 atom stereocenters. The summed E-state index contributed by atoms with van der Waals surface area (Å²) in [6.45, 7) is 6.10. The van der Waals surface area contributed by atoms with E-state index in [-0.39, 0.29) is 5.91 Å². The first-order valence-electron chi connectivity index (χ1n) is 9.32. The fourth-order valence-electron chi connectivity index (χ4n) is 3.31. The van der Waals surface area contributed by atoms with Crippen LogP contribution in [0.1, 0.15) is 22.5 Å². The summed E-state index contributed by atoms with van der Waals surface area (Å²) in [6, 6.07) is 15.8. The molecule has 0 unspecified atom stereocenters. The van der Waals surface area contributed by atoms with Crippen molar-refractivity contribution in [2.75, 3.05) is 0 Å². The molecule has 3 aromatic rings. The number of hydrogen-bond donors (Lipinski definition) is 1. The van der Waals surface area contributed by atoms with Crippen molar-refractivity contribution in [3.63, 3.8) is 0 Å². The van der Waals surface area contributed by atoms with Gasteiger partial charge in [-0.25, -0.2) is 4.99 Å². The van der Waals surface area contributed by atoms with Gasteiger partial charge in [0.25, 0.3) is 5.91 Å². The molecule has 0 radical (unpaired) electrons. The van der Waals surface area contributed by atoms with Crippen LogP contribution in [-0.4, -0.2) is 15.6 Å². The van der Waals surface area contributed by atoms with Crippen molar-refractivity contribution < 1.29 is 4.79 Å². The Kier molecular flexibility index (Phi) is 5.91. The third kappa shape index (κ3) is 4.26. The summed E-state index contributed by atoms with van der Waals surface area (Å²) in [7, 11) is 0. The topological polar surface area (TPSA) is 46.4 Å². The fourth-order valence-corrected chi connectivity index (χ4v) is 4.57. The molecule has 1 aliphatic heterocycles. The Morgan fingerprint density at radius 1 is 1.10 bits per heavy atom. The maximum absolute atomic E-state index is 12.5. The van der Waals surface area contributed by atoms with E-state index in [1.165, 1.54) is 17.3 Å². The Morgan fingerprint density at radius 2 is 1.83 bits per heavy atom.